The van der Waals surface area contributed by atoms with Crippen molar-refractivity contribution in [1.82, 2.24) is 5.27 Å². The van der Waals surface area contributed by atoms with Crippen molar-refractivity contribution in [3.63, 3.8) is 0 Å². The van der Waals surface area contributed by atoms with Crippen LogP contribution in [0.1, 0.15) is 0 Å². The number of hydrogen-bond donors (Lipinski definition) is 1. The standard InChI is InChI=1S/C4H7N3O2/c1-6(2)7-3-4(8)9-5-7/h3H,1-2H3/p+1. The van der Waals surface area contributed by atoms with Crippen molar-refractivity contribution in [2.24, 2.45) is 0 Å². The zero-order valence-corrected chi connectivity index (χ0v) is 5.29. The average molecular weight is 130 g/mol. The second kappa shape index (κ2) is 1.93. The number of nitrogens with one attached hydrogen (secondary N) is 1. The molecule has 0 amide bonds. The fourth-order valence-corrected chi connectivity index (χ4v) is 0.441. The van der Waals surface area contributed by atoms with E-state index in [9.17, 15) is 4.79 Å². The van der Waals surface area contributed by atoms with Crippen LogP contribution in [0.2, 0.25) is 0 Å². The summed E-state index contributed by atoms with van der Waals surface area (Å²) in [6, 6.07) is 0. The third kappa shape index (κ3) is 1.10. The second-order valence-corrected chi connectivity index (χ2v) is 1.83. The first-order valence-electron chi connectivity index (χ1n) is 2.48. The van der Waals surface area contributed by atoms with Gasteiger partial charge >= 0.3 is 11.8 Å². The summed E-state index contributed by atoms with van der Waals surface area (Å²) in [5.41, 5.74) is -0.385. The Morgan fingerprint density at radius 1 is 1.78 bits per heavy atom. The van der Waals surface area contributed by atoms with E-state index in [0.717, 1.165) is 0 Å². The number of aromatic amines is 1. The van der Waals surface area contributed by atoms with Crippen molar-refractivity contribution in [2.45, 2.75) is 0 Å². The smallest absolute Gasteiger partial charge is 0.281 e. The van der Waals surface area contributed by atoms with Crippen LogP contribution in [0.4, 0.5) is 0 Å². The fraction of sp³-hybridized carbons (Fsp3) is 0.500. The van der Waals surface area contributed by atoms with E-state index in [0.29, 0.717) is 0 Å². The van der Waals surface area contributed by atoms with E-state index in [1.807, 2.05) is 0 Å². The Hall–Kier alpha value is -1.26. The molecule has 1 N–H and O–H groups in total. The van der Waals surface area contributed by atoms with Crippen LogP contribution < -0.4 is 15.4 Å². The van der Waals surface area contributed by atoms with Crippen LogP contribution in [0.3, 0.4) is 0 Å². The molecule has 9 heavy (non-hydrogen) atoms. The molecule has 0 bridgehead atoms. The second-order valence-electron chi connectivity index (χ2n) is 1.83. The first-order chi connectivity index (χ1) is 4.20. The summed E-state index contributed by atoms with van der Waals surface area (Å²) >= 11 is 0. The number of rotatable bonds is 1. The minimum absolute atomic E-state index is 0.385. The molecule has 0 saturated carbocycles. The Balaban J connectivity index is 2.98. The molecule has 5 nitrogen and oxygen atoms in total. The van der Waals surface area contributed by atoms with Gasteiger partial charge in [0.05, 0.1) is 14.1 Å². The van der Waals surface area contributed by atoms with Crippen LogP contribution in [-0.2, 0) is 0 Å². The minimum Gasteiger partial charge on any atom is -0.281 e. The summed E-state index contributed by atoms with van der Waals surface area (Å²) in [5.74, 6) is 0. The van der Waals surface area contributed by atoms with Crippen molar-refractivity contribution in [3.8, 4) is 0 Å². The number of H-pyrrole nitrogens is 1. The van der Waals surface area contributed by atoms with E-state index in [1.165, 1.54) is 11.0 Å². The highest BCUT2D eigenvalue weighted by molar-refractivity contribution is 4.52. The summed E-state index contributed by atoms with van der Waals surface area (Å²) in [6.45, 7) is 0. The Labute approximate surface area is 51.4 Å². The summed E-state index contributed by atoms with van der Waals surface area (Å²) in [4.78, 5) is 11.8. The van der Waals surface area contributed by atoms with Crippen LogP contribution in [-0.4, -0.2) is 19.4 Å². The quantitative estimate of drug-likeness (QED) is 0.468. The zero-order chi connectivity index (χ0) is 6.85. The van der Waals surface area contributed by atoms with E-state index in [-0.39, 0.29) is 5.63 Å². The lowest BCUT2D eigenvalue weighted by molar-refractivity contribution is -0.753. The molecular weight excluding hydrogens is 122 g/mol. The minimum atomic E-state index is -0.385. The maximum Gasteiger partial charge on any atom is 0.430 e. The lowest BCUT2D eigenvalue weighted by atomic mass is 10.9. The largest absolute Gasteiger partial charge is 0.430 e. The molecule has 1 heterocycles. The topological polar surface area (TPSA) is 53.1 Å². The highest BCUT2D eigenvalue weighted by atomic mass is 16.5. The fourth-order valence-electron chi connectivity index (χ4n) is 0.441. The first kappa shape index (κ1) is 5.87. The van der Waals surface area contributed by atoms with Crippen molar-refractivity contribution in [3.05, 3.63) is 16.6 Å². The molecule has 0 fully saturated rings. The van der Waals surface area contributed by atoms with E-state index < -0.39 is 0 Å². The molecule has 5 heteroatoms. The Bertz CT molecular complexity index is 236. The van der Waals surface area contributed by atoms with Gasteiger partial charge in [-0.15, -0.1) is 0 Å². The van der Waals surface area contributed by atoms with Gasteiger partial charge in [0.25, 0.3) is 0 Å². The molecular formula is C4H8N3O2+. The Morgan fingerprint density at radius 3 is 2.67 bits per heavy atom. The van der Waals surface area contributed by atoms with E-state index >= 15 is 0 Å². The van der Waals surface area contributed by atoms with E-state index in [4.69, 9.17) is 0 Å². The molecule has 0 aromatic carbocycles. The van der Waals surface area contributed by atoms with Gasteiger partial charge in [-0.25, -0.2) is 4.79 Å². The maximum atomic E-state index is 10.3. The zero-order valence-electron chi connectivity index (χ0n) is 5.29. The van der Waals surface area contributed by atoms with Gasteiger partial charge in [0.15, 0.2) is 0 Å². The van der Waals surface area contributed by atoms with Crippen molar-refractivity contribution in [2.75, 3.05) is 19.1 Å². The highest BCUT2D eigenvalue weighted by Gasteiger charge is 2.05. The Morgan fingerprint density at radius 2 is 2.44 bits per heavy atom. The summed E-state index contributed by atoms with van der Waals surface area (Å²) in [7, 11) is 3.57. The number of nitrogens with zero attached hydrogens (tertiary/aromatic N) is 2. The molecule has 0 saturated heterocycles. The molecule has 50 valence electrons. The molecule has 0 aliphatic rings. The van der Waals surface area contributed by atoms with Gasteiger partial charge in [0, 0.05) is 10.1 Å². The van der Waals surface area contributed by atoms with Crippen LogP contribution in [0.25, 0.3) is 0 Å². The molecule has 1 rings (SSSR count). The monoisotopic (exact) mass is 130 g/mol. The highest BCUT2D eigenvalue weighted by Crippen LogP contribution is 1.57. The molecule has 1 aromatic rings. The van der Waals surface area contributed by atoms with Gasteiger partial charge in [0.1, 0.15) is 0 Å². The van der Waals surface area contributed by atoms with Gasteiger partial charge < -0.3 is 0 Å². The SMILES string of the molecule is CN(C)[n+]1cc(=O)o[nH]1. The molecule has 1 aromatic heterocycles. The van der Waals surface area contributed by atoms with Crippen LogP contribution in [0.5, 0.6) is 0 Å². The first-order valence-corrected chi connectivity index (χ1v) is 2.48. The van der Waals surface area contributed by atoms with Gasteiger partial charge in [-0.2, -0.15) is 5.01 Å². The van der Waals surface area contributed by atoms with Crippen molar-refractivity contribution >= 4 is 0 Å². The third-order valence-corrected chi connectivity index (χ3v) is 0.898. The maximum absolute atomic E-state index is 10.3. The molecule has 0 unspecified atom stereocenters. The van der Waals surface area contributed by atoms with Gasteiger partial charge in [-0.05, 0) is 0 Å². The summed E-state index contributed by atoms with van der Waals surface area (Å²) in [6.07, 6.45) is 1.31. The predicted molar refractivity (Wildman–Crippen MR) is 29.6 cm³/mol. The lowest BCUT2D eigenvalue weighted by Crippen LogP contribution is -2.54. The van der Waals surface area contributed by atoms with Crippen molar-refractivity contribution < 1.29 is 9.31 Å². The average Bonchev–Trinajstić information content (AvgIpc) is 2.14. The van der Waals surface area contributed by atoms with E-state index in [1.54, 1.807) is 19.1 Å². The van der Waals surface area contributed by atoms with Gasteiger partial charge in [0.2, 0.25) is 0 Å². The molecule has 0 aliphatic heterocycles. The van der Waals surface area contributed by atoms with E-state index in [2.05, 4.69) is 9.79 Å². The summed E-state index contributed by atoms with van der Waals surface area (Å²) < 4.78 is 4.37. The predicted octanol–water partition coefficient (Wildman–Crippen LogP) is -1.55. The molecule has 0 radical (unpaired) electrons. The van der Waals surface area contributed by atoms with Crippen LogP contribution in [0, 0.1) is 0 Å². The number of hydrogen-bond acceptors (Lipinski definition) is 3. The number of aromatic nitrogens is 2. The van der Waals surface area contributed by atoms with Crippen LogP contribution >= 0.6 is 0 Å². The molecule has 0 aliphatic carbocycles. The van der Waals surface area contributed by atoms with Crippen molar-refractivity contribution in [1.29, 1.82) is 0 Å². The lowest BCUT2D eigenvalue weighted by Gasteiger charge is -1.95. The Kier molecular flexibility index (Phi) is 1.26. The third-order valence-electron chi connectivity index (χ3n) is 0.898. The van der Waals surface area contributed by atoms with Crippen LogP contribution in [0.15, 0.2) is 15.5 Å². The molecule has 0 atom stereocenters. The van der Waals surface area contributed by atoms with Gasteiger partial charge in [-0.1, -0.05) is 0 Å². The van der Waals surface area contributed by atoms with Gasteiger partial charge in [-0.3, -0.25) is 4.52 Å². The normalized spacial score (nSPS) is 9.56. The summed E-state index contributed by atoms with van der Waals surface area (Å²) in [5, 5.41) is 4.03. The molecule has 0 spiro atoms.